The lowest BCUT2D eigenvalue weighted by atomic mass is 9.89. The molecule has 8 nitrogen and oxygen atoms in total. The zero-order chi connectivity index (χ0) is 32.3. The molecule has 7 rings (SSSR count). The number of aromatic nitrogens is 4. The van der Waals surface area contributed by atoms with Gasteiger partial charge in [-0.2, -0.15) is 0 Å². The Morgan fingerprint density at radius 3 is 2.40 bits per heavy atom. The molecule has 3 aromatic heterocycles. The number of nitrogens with zero attached hydrogens (tertiary/aromatic N) is 5. The fraction of sp³-hybridized carbons (Fsp3) is 0.189. The highest BCUT2D eigenvalue weighted by Crippen LogP contribution is 2.34. The van der Waals surface area contributed by atoms with E-state index in [0.29, 0.717) is 40.2 Å². The van der Waals surface area contributed by atoms with E-state index in [1.165, 1.54) is 24.5 Å². The molecule has 3 aromatic carbocycles. The maximum absolute atomic E-state index is 14.3. The number of benzene rings is 3. The number of anilines is 3. The number of carbonyl (C=O) groups is 1. The van der Waals surface area contributed by atoms with Gasteiger partial charge in [0.05, 0.1) is 17.1 Å². The average Bonchev–Trinajstić information content (AvgIpc) is 3.49. The Kier molecular flexibility index (Phi) is 8.41. The summed E-state index contributed by atoms with van der Waals surface area (Å²) in [4.78, 5) is 29.5. The number of piperidine rings is 1. The lowest BCUT2D eigenvalue weighted by molar-refractivity contribution is 0.101. The Balaban J connectivity index is 1.16. The van der Waals surface area contributed by atoms with Gasteiger partial charge in [-0.1, -0.05) is 43.3 Å². The van der Waals surface area contributed by atoms with Gasteiger partial charge in [0.25, 0.3) is 5.91 Å². The number of halogens is 2. The average molecular weight is 630 g/mol. The minimum atomic E-state index is -0.932. The van der Waals surface area contributed by atoms with E-state index < -0.39 is 23.1 Å². The number of likely N-dealkylation sites (tertiary alicyclic amines) is 1. The molecule has 1 fully saturated rings. The molecule has 236 valence electrons. The Bertz CT molecular complexity index is 2030. The molecule has 1 aliphatic rings. The summed E-state index contributed by atoms with van der Waals surface area (Å²) >= 11 is 0. The van der Waals surface area contributed by atoms with Crippen LogP contribution in [0.25, 0.3) is 28.3 Å². The molecule has 6 aromatic rings. The SMILES string of the molecule is CCN1CCC(c2ccc(Nc3nccc(-c4c(-c5cccc(NC(=O)c6c(F)cccc6F)c5)nc5ccccn45)n3)cc2)CC1. The second-order valence-electron chi connectivity index (χ2n) is 11.6. The maximum Gasteiger partial charge on any atom is 0.261 e. The van der Waals surface area contributed by atoms with Gasteiger partial charge in [0.1, 0.15) is 22.8 Å². The minimum absolute atomic E-state index is 0.363. The number of imidazole rings is 1. The van der Waals surface area contributed by atoms with Gasteiger partial charge in [0, 0.05) is 29.3 Å². The molecule has 0 radical (unpaired) electrons. The van der Waals surface area contributed by atoms with Crippen LogP contribution in [0.2, 0.25) is 0 Å². The van der Waals surface area contributed by atoms with Crippen LogP contribution in [0.1, 0.15) is 41.6 Å². The van der Waals surface area contributed by atoms with Crippen molar-refractivity contribution in [3.05, 3.63) is 126 Å². The summed E-state index contributed by atoms with van der Waals surface area (Å²) in [5, 5.41) is 5.96. The molecule has 2 N–H and O–H groups in total. The number of rotatable bonds is 8. The first-order valence-electron chi connectivity index (χ1n) is 15.7. The lowest BCUT2D eigenvalue weighted by Gasteiger charge is -2.31. The van der Waals surface area contributed by atoms with Gasteiger partial charge in [-0.25, -0.2) is 23.7 Å². The van der Waals surface area contributed by atoms with Gasteiger partial charge in [-0.15, -0.1) is 0 Å². The third-order valence-corrected chi connectivity index (χ3v) is 8.68. The quantitative estimate of drug-likeness (QED) is 0.178. The number of nitrogens with one attached hydrogen (secondary N) is 2. The van der Waals surface area contributed by atoms with Gasteiger partial charge in [-0.3, -0.25) is 9.20 Å². The third-order valence-electron chi connectivity index (χ3n) is 8.68. The smallest absolute Gasteiger partial charge is 0.261 e. The molecule has 10 heteroatoms. The predicted molar refractivity (Wildman–Crippen MR) is 180 cm³/mol. The van der Waals surface area contributed by atoms with E-state index in [9.17, 15) is 13.6 Å². The van der Waals surface area contributed by atoms with Crippen LogP contribution in [0.15, 0.2) is 103 Å². The fourth-order valence-electron chi connectivity index (χ4n) is 6.20. The van der Waals surface area contributed by atoms with Crippen molar-refractivity contribution in [3.8, 4) is 22.6 Å². The molecular weight excluding hydrogens is 596 g/mol. The highest BCUT2D eigenvalue weighted by atomic mass is 19.1. The van der Waals surface area contributed by atoms with Crippen molar-refractivity contribution in [2.45, 2.75) is 25.7 Å². The standard InChI is InChI=1S/C37H33F2N7O/c1-2-45-21-17-25(18-22-45)24-12-14-27(15-13-24)42-37-40-19-16-31(43-37)35-34(44-32-11-3-4-20-46(32)35)26-7-5-8-28(23-26)41-36(47)33-29(38)9-6-10-30(33)39/h3-16,19-20,23,25H,2,17-18,21-22H2,1H3,(H,41,47)(H,40,42,43). The first kappa shape index (κ1) is 30.2. The third kappa shape index (κ3) is 6.32. The zero-order valence-corrected chi connectivity index (χ0v) is 25.8. The molecular formula is C37H33F2N7O. The first-order chi connectivity index (χ1) is 23.0. The molecule has 0 aliphatic carbocycles. The van der Waals surface area contributed by atoms with Gasteiger partial charge >= 0.3 is 0 Å². The van der Waals surface area contributed by atoms with E-state index in [0.717, 1.165) is 43.1 Å². The number of fused-ring (bicyclic) bond motifs is 1. The van der Waals surface area contributed by atoms with E-state index in [2.05, 4.69) is 51.7 Å². The summed E-state index contributed by atoms with van der Waals surface area (Å²) in [5.74, 6) is -1.73. The van der Waals surface area contributed by atoms with Gasteiger partial charge in [-0.05, 0) is 98.6 Å². The van der Waals surface area contributed by atoms with E-state index in [4.69, 9.17) is 9.97 Å². The van der Waals surface area contributed by atoms with Crippen LogP contribution in [0.4, 0.5) is 26.1 Å². The largest absolute Gasteiger partial charge is 0.324 e. The van der Waals surface area contributed by atoms with Crippen LogP contribution in [-0.2, 0) is 0 Å². The van der Waals surface area contributed by atoms with Gasteiger partial charge in [0.2, 0.25) is 5.95 Å². The van der Waals surface area contributed by atoms with Gasteiger partial charge in [0.15, 0.2) is 0 Å². The zero-order valence-electron chi connectivity index (χ0n) is 25.8. The highest BCUT2D eigenvalue weighted by molar-refractivity contribution is 6.05. The number of amides is 1. The summed E-state index contributed by atoms with van der Waals surface area (Å²) in [6.07, 6.45) is 5.96. The molecule has 1 aliphatic heterocycles. The maximum atomic E-state index is 14.3. The summed E-state index contributed by atoms with van der Waals surface area (Å²) in [5.41, 5.74) is 5.34. The summed E-state index contributed by atoms with van der Waals surface area (Å²) in [6.45, 7) is 5.60. The Morgan fingerprint density at radius 2 is 1.64 bits per heavy atom. The molecule has 1 amide bonds. The lowest BCUT2D eigenvalue weighted by Crippen LogP contribution is -2.32. The second-order valence-corrected chi connectivity index (χ2v) is 11.6. The van der Waals surface area contributed by atoms with Crippen molar-refractivity contribution >= 4 is 28.9 Å². The fourth-order valence-corrected chi connectivity index (χ4v) is 6.20. The van der Waals surface area contributed by atoms with E-state index >= 15 is 0 Å². The van der Waals surface area contributed by atoms with Crippen molar-refractivity contribution in [3.63, 3.8) is 0 Å². The van der Waals surface area contributed by atoms with E-state index in [1.54, 1.807) is 24.4 Å². The Hall–Kier alpha value is -5.48. The molecule has 4 heterocycles. The van der Waals surface area contributed by atoms with Crippen molar-refractivity contribution in [2.24, 2.45) is 0 Å². The van der Waals surface area contributed by atoms with Crippen LogP contribution in [0.5, 0.6) is 0 Å². The summed E-state index contributed by atoms with van der Waals surface area (Å²) < 4.78 is 30.5. The molecule has 0 atom stereocenters. The Morgan fingerprint density at radius 1 is 0.872 bits per heavy atom. The predicted octanol–water partition coefficient (Wildman–Crippen LogP) is 7.93. The van der Waals surface area contributed by atoms with Crippen molar-refractivity contribution in [2.75, 3.05) is 30.3 Å². The number of hydrogen-bond donors (Lipinski definition) is 2. The summed E-state index contributed by atoms with van der Waals surface area (Å²) in [6, 6.07) is 26.4. The highest BCUT2D eigenvalue weighted by Gasteiger charge is 2.21. The van der Waals surface area contributed by atoms with Crippen molar-refractivity contribution < 1.29 is 13.6 Å². The number of pyridine rings is 1. The van der Waals surface area contributed by atoms with E-state index in [1.807, 2.05) is 40.9 Å². The van der Waals surface area contributed by atoms with Crippen LogP contribution in [-0.4, -0.2) is 49.8 Å². The molecule has 1 saturated heterocycles. The van der Waals surface area contributed by atoms with Gasteiger partial charge < -0.3 is 15.5 Å². The molecule has 0 unspecified atom stereocenters. The molecule has 0 bridgehead atoms. The second kappa shape index (κ2) is 13.1. The summed E-state index contributed by atoms with van der Waals surface area (Å²) in [7, 11) is 0. The minimum Gasteiger partial charge on any atom is -0.324 e. The molecule has 0 spiro atoms. The molecule has 47 heavy (non-hydrogen) atoms. The Labute approximate surface area is 271 Å². The number of hydrogen-bond acceptors (Lipinski definition) is 6. The van der Waals surface area contributed by atoms with Crippen LogP contribution >= 0.6 is 0 Å². The molecule has 0 saturated carbocycles. The number of carbonyl (C=O) groups excluding carboxylic acids is 1. The van der Waals surface area contributed by atoms with Crippen molar-refractivity contribution in [1.29, 1.82) is 0 Å². The van der Waals surface area contributed by atoms with Crippen LogP contribution in [0.3, 0.4) is 0 Å². The topological polar surface area (TPSA) is 87.5 Å². The van der Waals surface area contributed by atoms with Crippen molar-refractivity contribution in [1.82, 2.24) is 24.3 Å². The normalized spacial score (nSPS) is 13.9. The van der Waals surface area contributed by atoms with Crippen LogP contribution < -0.4 is 10.6 Å². The van der Waals surface area contributed by atoms with Crippen LogP contribution in [0, 0.1) is 11.6 Å². The first-order valence-corrected chi connectivity index (χ1v) is 15.7. The monoisotopic (exact) mass is 629 g/mol. The van der Waals surface area contributed by atoms with E-state index in [-0.39, 0.29) is 0 Å².